The van der Waals surface area contributed by atoms with Crippen molar-refractivity contribution in [3.63, 3.8) is 0 Å². The maximum absolute atomic E-state index is 15.5. The van der Waals surface area contributed by atoms with Gasteiger partial charge in [-0.25, -0.2) is 18.2 Å². The molecule has 14 heteroatoms. The number of nitrogens with zero attached hydrogens (tertiary/aromatic N) is 2. The number of nitrogens with one attached hydrogen (secondary N) is 3. The summed E-state index contributed by atoms with van der Waals surface area (Å²) in [6.45, 7) is 6.10. The molecule has 0 atom stereocenters. The molecule has 2 aromatic carbocycles. The number of benzene rings is 2. The molecule has 1 amide bonds. The fourth-order valence-electron chi connectivity index (χ4n) is 5.14. The van der Waals surface area contributed by atoms with Gasteiger partial charge in [-0.15, -0.1) is 0 Å². The van der Waals surface area contributed by atoms with Gasteiger partial charge in [0.15, 0.2) is 5.82 Å². The number of carbonyl (C=O) groups is 1. The van der Waals surface area contributed by atoms with E-state index in [9.17, 15) is 26.7 Å². The van der Waals surface area contributed by atoms with E-state index in [4.69, 9.17) is 16.3 Å². The molecule has 0 radical (unpaired) electrons. The Bertz CT molecular complexity index is 1480. The number of halogens is 7. The van der Waals surface area contributed by atoms with Crippen molar-refractivity contribution in [1.82, 2.24) is 20.2 Å². The Kier molecular flexibility index (Phi) is 10.3. The number of aromatic nitrogens is 2. The number of ether oxygens (including phenoxy) is 1. The number of hydrogen-bond acceptors (Lipinski definition) is 5. The highest BCUT2D eigenvalue weighted by Gasteiger charge is 2.41. The van der Waals surface area contributed by atoms with Gasteiger partial charge in [-0.3, -0.25) is 4.79 Å². The Morgan fingerprint density at radius 1 is 1.14 bits per heavy atom. The summed E-state index contributed by atoms with van der Waals surface area (Å²) in [5.74, 6) is -2.67. The summed E-state index contributed by atoms with van der Waals surface area (Å²) < 4.78 is 87.6. The smallest absolute Gasteiger partial charge is 0.391 e. The molecule has 3 N–H and O–H groups in total. The van der Waals surface area contributed by atoms with Gasteiger partial charge in [0.25, 0.3) is 12.3 Å². The van der Waals surface area contributed by atoms with E-state index < -0.39 is 42.9 Å². The largest absolute Gasteiger partial charge is 0.487 e. The van der Waals surface area contributed by atoms with Crippen LogP contribution in [-0.4, -0.2) is 47.3 Å². The Morgan fingerprint density at radius 3 is 2.43 bits per heavy atom. The third-order valence-electron chi connectivity index (χ3n) is 7.50. The van der Waals surface area contributed by atoms with Crippen LogP contribution in [0.15, 0.2) is 24.3 Å². The van der Waals surface area contributed by atoms with Crippen LogP contribution in [0.3, 0.4) is 0 Å². The fourth-order valence-corrected chi connectivity index (χ4v) is 5.33. The number of anilines is 2. The summed E-state index contributed by atoms with van der Waals surface area (Å²) in [5, 5.41) is 8.95. The molecule has 44 heavy (non-hydrogen) atoms. The number of rotatable bonds is 10. The van der Waals surface area contributed by atoms with Crippen LogP contribution in [0, 0.1) is 17.2 Å². The predicted molar refractivity (Wildman–Crippen MR) is 157 cm³/mol. The first-order valence-corrected chi connectivity index (χ1v) is 14.6. The zero-order chi connectivity index (χ0) is 32.4. The van der Waals surface area contributed by atoms with Crippen molar-refractivity contribution in [1.29, 1.82) is 0 Å². The van der Waals surface area contributed by atoms with Gasteiger partial charge < -0.3 is 25.3 Å². The van der Waals surface area contributed by atoms with Crippen LogP contribution < -0.4 is 20.7 Å². The monoisotopic (exact) mass is 647 g/mol. The van der Waals surface area contributed by atoms with Crippen LogP contribution in [0.4, 0.5) is 38.0 Å². The quantitative estimate of drug-likeness (QED) is 0.196. The van der Waals surface area contributed by atoms with Crippen molar-refractivity contribution in [3.8, 4) is 5.75 Å². The van der Waals surface area contributed by atoms with E-state index in [-0.39, 0.29) is 71.1 Å². The van der Waals surface area contributed by atoms with Gasteiger partial charge in [0, 0.05) is 37.8 Å². The lowest BCUT2D eigenvalue weighted by Crippen LogP contribution is -2.40. The van der Waals surface area contributed by atoms with Crippen molar-refractivity contribution >= 4 is 40.2 Å². The molecule has 3 aromatic rings. The molecule has 1 saturated carbocycles. The fraction of sp³-hybridized carbons (Fsp3) is 0.533. The maximum Gasteiger partial charge on any atom is 0.391 e. The molecule has 7 nitrogen and oxygen atoms in total. The highest BCUT2D eigenvalue weighted by atomic mass is 35.5. The van der Waals surface area contributed by atoms with Gasteiger partial charge in [0.1, 0.15) is 12.4 Å². The maximum atomic E-state index is 15.5. The number of aryl methyl sites for hydroxylation is 1. The van der Waals surface area contributed by atoms with Gasteiger partial charge in [0.05, 0.1) is 33.2 Å². The van der Waals surface area contributed by atoms with Crippen molar-refractivity contribution in [2.24, 2.45) is 18.4 Å². The highest BCUT2D eigenvalue weighted by Crippen LogP contribution is 2.38. The average Bonchev–Trinajstić information content (AvgIpc) is 3.23. The van der Waals surface area contributed by atoms with Crippen LogP contribution >= 0.6 is 11.6 Å². The topological polar surface area (TPSA) is 80.2 Å². The first-order chi connectivity index (χ1) is 20.5. The molecular formula is C30H36ClF6N5O2. The molecule has 242 valence electrons. The molecular weight excluding hydrogens is 612 g/mol. The molecule has 1 aliphatic carbocycles. The number of fused-ring (bicyclic) bond motifs is 1. The van der Waals surface area contributed by atoms with Gasteiger partial charge in [-0.05, 0) is 43.2 Å². The van der Waals surface area contributed by atoms with E-state index in [0.29, 0.717) is 17.6 Å². The predicted octanol–water partition coefficient (Wildman–Crippen LogP) is 7.74. The van der Waals surface area contributed by atoms with Gasteiger partial charge >= 0.3 is 6.18 Å². The minimum absolute atomic E-state index is 0.00271. The van der Waals surface area contributed by atoms with Gasteiger partial charge in [0.2, 0.25) is 5.95 Å². The number of hydrogen-bond donors (Lipinski definition) is 3. The summed E-state index contributed by atoms with van der Waals surface area (Å²) in [7, 11) is 1.61. The van der Waals surface area contributed by atoms with E-state index in [1.54, 1.807) is 19.2 Å². The zero-order valence-corrected chi connectivity index (χ0v) is 25.6. The second kappa shape index (κ2) is 13.4. The number of carbonyl (C=O) groups excluding carboxylic acids is 1. The number of imidazole rings is 1. The molecule has 0 unspecified atom stereocenters. The van der Waals surface area contributed by atoms with Crippen molar-refractivity contribution in [3.05, 3.63) is 46.2 Å². The van der Waals surface area contributed by atoms with E-state index in [0.717, 1.165) is 0 Å². The minimum atomic E-state index is -4.29. The van der Waals surface area contributed by atoms with Crippen molar-refractivity contribution < 1.29 is 35.9 Å². The van der Waals surface area contributed by atoms with Crippen LogP contribution in [0.25, 0.3) is 11.0 Å². The molecule has 1 aliphatic rings. The average molecular weight is 648 g/mol. The Hall–Kier alpha value is -3.19. The van der Waals surface area contributed by atoms with Gasteiger partial charge in [-0.2, -0.15) is 13.2 Å². The lowest BCUT2D eigenvalue weighted by molar-refractivity contribution is -0.182. The van der Waals surface area contributed by atoms with Crippen LogP contribution in [0.1, 0.15) is 62.4 Å². The summed E-state index contributed by atoms with van der Waals surface area (Å²) >= 11 is 6.33. The normalized spacial score (nSPS) is 17.7. The van der Waals surface area contributed by atoms with E-state index in [1.807, 2.05) is 0 Å². The SMILES string of the molecule is Cn1c(Nc2c(Cl)ccc(CNCC(C)(C)C)c2F)nc2cc(C(=O)NC3CCC(C(F)(F)F)CC3)c(OCC(F)F)cc21. The lowest BCUT2D eigenvalue weighted by Gasteiger charge is -2.30. The Balaban J connectivity index is 1.60. The third-order valence-corrected chi connectivity index (χ3v) is 7.81. The molecule has 0 bridgehead atoms. The van der Waals surface area contributed by atoms with Crippen LogP contribution in [0.2, 0.25) is 5.02 Å². The first-order valence-electron chi connectivity index (χ1n) is 14.3. The van der Waals surface area contributed by atoms with Crippen LogP contribution in [-0.2, 0) is 13.6 Å². The minimum Gasteiger partial charge on any atom is -0.487 e. The summed E-state index contributed by atoms with van der Waals surface area (Å²) in [6, 6.07) is 5.35. The van der Waals surface area contributed by atoms with E-state index >= 15 is 4.39 Å². The van der Waals surface area contributed by atoms with Crippen molar-refractivity contribution in [2.45, 2.75) is 71.6 Å². The second-order valence-electron chi connectivity index (χ2n) is 12.3. The lowest BCUT2D eigenvalue weighted by atomic mass is 9.85. The molecule has 0 spiro atoms. The molecule has 1 heterocycles. The van der Waals surface area contributed by atoms with E-state index in [2.05, 4.69) is 41.7 Å². The first kappa shape index (κ1) is 33.7. The van der Waals surface area contributed by atoms with Crippen LogP contribution in [0.5, 0.6) is 5.75 Å². The Morgan fingerprint density at radius 2 is 1.82 bits per heavy atom. The van der Waals surface area contributed by atoms with E-state index in [1.165, 1.54) is 16.7 Å². The molecule has 0 aliphatic heterocycles. The molecule has 1 fully saturated rings. The summed E-state index contributed by atoms with van der Waals surface area (Å²) in [4.78, 5) is 17.7. The van der Waals surface area contributed by atoms with Crippen molar-refractivity contribution in [2.75, 3.05) is 18.5 Å². The summed E-state index contributed by atoms with van der Waals surface area (Å²) in [6.07, 6.45) is -7.10. The number of alkyl halides is 5. The molecule has 0 saturated heterocycles. The second-order valence-corrected chi connectivity index (χ2v) is 12.7. The highest BCUT2D eigenvalue weighted by molar-refractivity contribution is 6.33. The third kappa shape index (κ3) is 8.29. The summed E-state index contributed by atoms with van der Waals surface area (Å²) in [5.41, 5.74) is 0.921. The molecule has 1 aromatic heterocycles. The Labute approximate surface area is 256 Å². The molecule has 4 rings (SSSR count). The zero-order valence-electron chi connectivity index (χ0n) is 24.8. The standard InChI is InChI=1S/C30H36ClF6N5O2/c1-29(2,3)15-38-13-16-5-10-20(31)26(25(16)34)41-28-40-21-11-19(23(44-14-24(32)33)12-22(21)42(28)4)27(43)39-18-8-6-17(7-9-18)30(35,36)37/h5,10-12,17-18,24,38H,6-9,13-15H2,1-4H3,(H,39,43)(H,40,41). The number of amides is 1. The van der Waals surface area contributed by atoms with Gasteiger partial charge in [-0.1, -0.05) is 38.4 Å².